The van der Waals surface area contributed by atoms with Gasteiger partial charge in [0.2, 0.25) is 0 Å². The molecule has 0 aliphatic heterocycles. The molecule has 0 aromatic heterocycles. The normalized spacial score (nSPS) is 14.0. The van der Waals surface area contributed by atoms with E-state index in [0.29, 0.717) is 31.6 Å². The van der Waals surface area contributed by atoms with Gasteiger partial charge < -0.3 is 33.8 Å². The average Bonchev–Trinajstić information content (AvgIpc) is 0.920. The van der Waals surface area contributed by atoms with Crippen molar-refractivity contribution in [3.8, 4) is 0 Å². The number of rotatable bonds is 81. The number of ether oxygens (including phenoxy) is 4. The minimum Gasteiger partial charge on any atom is -0.462 e. The Morgan fingerprint density at radius 3 is 0.602 bits per heavy atom. The van der Waals surface area contributed by atoms with Crippen molar-refractivity contribution in [2.45, 2.75) is 453 Å². The third-order valence-electron chi connectivity index (χ3n) is 19.6. The van der Waals surface area contributed by atoms with Crippen molar-refractivity contribution in [1.29, 1.82) is 0 Å². The molecule has 103 heavy (non-hydrogen) atoms. The van der Waals surface area contributed by atoms with Crippen molar-refractivity contribution in [3.63, 3.8) is 0 Å². The number of aliphatic hydroxyl groups excluding tert-OH is 1. The number of hydrogen-bond donors (Lipinski definition) is 3. The first-order valence-electron chi connectivity index (χ1n) is 43.2. The van der Waals surface area contributed by atoms with E-state index < -0.39 is 97.5 Å². The lowest BCUT2D eigenvalue weighted by Gasteiger charge is -2.21. The molecule has 0 amide bonds. The highest BCUT2D eigenvalue weighted by Gasteiger charge is 2.30. The zero-order valence-corrected chi connectivity index (χ0v) is 69.7. The lowest BCUT2D eigenvalue weighted by Crippen LogP contribution is -2.30. The van der Waals surface area contributed by atoms with Gasteiger partial charge in [0.05, 0.1) is 26.4 Å². The first-order chi connectivity index (χ1) is 49.6. The molecule has 0 saturated carbocycles. The van der Waals surface area contributed by atoms with Crippen molar-refractivity contribution < 1.29 is 80.2 Å². The number of esters is 4. The number of phosphoric ester groups is 2. The molecule has 0 saturated heterocycles. The Bertz CT molecular complexity index is 2010. The molecule has 0 heterocycles. The lowest BCUT2D eigenvalue weighted by molar-refractivity contribution is -0.161. The average molecular weight is 1510 g/mol. The Hall–Kier alpha value is -1.94. The Balaban J connectivity index is 5.23. The van der Waals surface area contributed by atoms with E-state index in [0.717, 1.165) is 114 Å². The summed E-state index contributed by atoms with van der Waals surface area (Å²) in [5, 5.41) is 10.7. The van der Waals surface area contributed by atoms with Gasteiger partial charge in [0.25, 0.3) is 0 Å². The predicted octanol–water partition coefficient (Wildman–Crippen LogP) is 25.2. The van der Waals surface area contributed by atoms with Crippen molar-refractivity contribution in [2.75, 3.05) is 39.6 Å². The molecule has 0 bridgehead atoms. The zero-order valence-electron chi connectivity index (χ0n) is 68.0. The molecule has 3 N–H and O–H groups in total. The van der Waals surface area contributed by atoms with Crippen LogP contribution in [0.2, 0.25) is 0 Å². The zero-order chi connectivity index (χ0) is 76.0. The Morgan fingerprint density at radius 1 is 0.243 bits per heavy atom. The first-order valence-corrected chi connectivity index (χ1v) is 46.2. The predicted molar refractivity (Wildman–Crippen MR) is 423 cm³/mol. The van der Waals surface area contributed by atoms with Crippen LogP contribution in [0.3, 0.4) is 0 Å². The van der Waals surface area contributed by atoms with Gasteiger partial charge in [-0.05, 0) is 49.4 Å². The number of unbranched alkanes of at least 4 members (excludes halogenated alkanes) is 47. The fourth-order valence-electron chi connectivity index (χ4n) is 13.0. The van der Waals surface area contributed by atoms with Crippen LogP contribution in [0, 0.1) is 23.7 Å². The van der Waals surface area contributed by atoms with Crippen LogP contribution < -0.4 is 0 Å². The molecular weight excluding hydrogens is 1340 g/mol. The van der Waals surface area contributed by atoms with E-state index in [1.165, 1.54) is 231 Å². The third-order valence-corrected chi connectivity index (χ3v) is 21.5. The van der Waals surface area contributed by atoms with Crippen LogP contribution in [-0.4, -0.2) is 96.7 Å². The third kappa shape index (κ3) is 78.0. The maximum atomic E-state index is 13.1. The van der Waals surface area contributed by atoms with Gasteiger partial charge in [-0.3, -0.25) is 37.3 Å². The largest absolute Gasteiger partial charge is 0.472 e. The molecule has 3 unspecified atom stereocenters. The monoisotopic (exact) mass is 1510 g/mol. The molecule has 612 valence electrons. The van der Waals surface area contributed by atoms with Crippen LogP contribution in [0.5, 0.6) is 0 Å². The fraction of sp³-hybridized carbons (Fsp3) is 0.952. The van der Waals surface area contributed by atoms with Crippen LogP contribution in [-0.2, 0) is 65.4 Å². The van der Waals surface area contributed by atoms with E-state index in [9.17, 15) is 43.2 Å². The first kappa shape index (κ1) is 101. The summed E-state index contributed by atoms with van der Waals surface area (Å²) >= 11 is 0. The number of carbonyl (C=O) groups excluding carboxylic acids is 4. The molecule has 0 radical (unpaired) electrons. The molecule has 0 aromatic carbocycles. The van der Waals surface area contributed by atoms with Crippen LogP contribution in [0.15, 0.2) is 0 Å². The topological polar surface area (TPSA) is 237 Å². The summed E-state index contributed by atoms with van der Waals surface area (Å²) in [6, 6.07) is 0. The minimum absolute atomic E-state index is 0.107. The summed E-state index contributed by atoms with van der Waals surface area (Å²) in [5.41, 5.74) is 0. The van der Waals surface area contributed by atoms with Crippen LogP contribution in [0.1, 0.15) is 434 Å². The summed E-state index contributed by atoms with van der Waals surface area (Å²) < 4.78 is 68.8. The summed E-state index contributed by atoms with van der Waals surface area (Å²) in [6.45, 7) is 14.3. The molecule has 5 atom stereocenters. The van der Waals surface area contributed by atoms with Gasteiger partial charge in [-0.15, -0.1) is 0 Å². The molecule has 0 rings (SSSR count). The second kappa shape index (κ2) is 72.9. The maximum absolute atomic E-state index is 13.1. The van der Waals surface area contributed by atoms with E-state index in [-0.39, 0.29) is 25.7 Å². The number of carbonyl (C=O) groups is 4. The molecule has 0 aromatic rings. The van der Waals surface area contributed by atoms with Gasteiger partial charge >= 0.3 is 39.5 Å². The minimum atomic E-state index is -4.96. The Kier molecular flexibility index (Phi) is 71.5. The molecular formula is C84H164O17P2. The van der Waals surface area contributed by atoms with Crippen LogP contribution in [0.25, 0.3) is 0 Å². The van der Waals surface area contributed by atoms with Crippen LogP contribution >= 0.6 is 15.6 Å². The highest BCUT2D eigenvalue weighted by molar-refractivity contribution is 7.47. The molecule has 0 spiro atoms. The second-order valence-electron chi connectivity index (χ2n) is 32.1. The molecule has 0 aliphatic rings. The second-order valence-corrected chi connectivity index (χ2v) is 35.0. The number of hydrogen-bond acceptors (Lipinski definition) is 15. The van der Waals surface area contributed by atoms with Gasteiger partial charge in [0, 0.05) is 25.7 Å². The summed E-state index contributed by atoms with van der Waals surface area (Å²) in [4.78, 5) is 73.1. The van der Waals surface area contributed by atoms with E-state index in [1.54, 1.807) is 0 Å². The summed E-state index contributed by atoms with van der Waals surface area (Å²) in [7, 11) is -9.93. The lowest BCUT2D eigenvalue weighted by atomic mass is 10.0. The van der Waals surface area contributed by atoms with Gasteiger partial charge in [-0.2, -0.15) is 0 Å². The Morgan fingerprint density at radius 2 is 0.408 bits per heavy atom. The SMILES string of the molecule is CC(C)CCCCCCCCCCCCCCCCCCC(=O)OC[C@H](COP(=O)(O)OCC(O)COP(=O)(O)OC[C@@H](COC(=O)CCCCCCCCCC(C)C)OC(=O)CCCCCCCCCCCCCCCCCC(C)C)OC(=O)CCCCCCCCCCCCCCCC(C)C. The highest BCUT2D eigenvalue weighted by atomic mass is 31.2. The molecule has 19 heteroatoms. The molecule has 17 nitrogen and oxygen atoms in total. The quantitative estimate of drug-likeness (QED) is 0.0222. The molecule has 0 aliphatic carbocycles. The fourth-order valence-corrected chi connectivity index (χ4v) is 14.5. The number of phosphoric acid groups is 2. The van der Waals surface area contributed by atoms with E-state index in [2.05, 4.69) is 55.4 Å². The van der Waals surface area contributed by atoms with E-state index >= 15 is 0 Å². The van der Waals surface area contributed by atoms with Gasteiger partial charge in [0.1, 0.15) is 19.3 Å². The van der Waals surface area contributed by atoms with Crippen LogP contribution in [0.4, 0.5) is 0 Å². The number of aliphatic hydroxyl groups is 1. The highest BCUT2D eigenvalue weighted by Crippen LogP contribution is 2.45. The maximum Gasteiger partial charge on any atom is 0.472 e. The van der Waals surface area contributed by atoms with Crippen molar-refractivity contribution >= 4 is 39.5 Å². The summed E-state index contributed by atoms with van der Waals surface area (Å²) in [5.74, 6) is 0.996. The van der Waals surface area contributed by atoms with Crippen molar-refractivity contribution in [1.82, 2.24) is 0 Å². The van der Waals surface area contributed by atoms with Gasteiger partial charge in [-0.25, -0.2) is 9.13 Å². The standard InChI is InChI=1S/C84H164O17P2/c1-74(2)60-52-44-36-29-23-17-12-9-10-14-20-26-32-40-48-56-64-81(86)94-70-79(100-83(88)67-59-51-42-34-28-22-16-19-25-31-38-46-54-62-76(5)6)72-98-102(90,91)96-68-78(85)69-97-103(92,93)99-73-80(71-95-82(87)65-57-49-43-35-39-47-55-63-77(7)8)101-84(89)66-58-50-41-33-27-21-15-11-13-18-24-30-37-45-53-61-75(3)4/h74-80,85H,9-73H2,1-8H3,(H,90,91)(H,92,93)/t78?,79-,80-/m1/s1. The van der Waals surface area contributed by atoms with Gasteiger partial charge in [-0.1, -0.05) is 383 Å². The van der Waals surface area contributed by atoms with Gasteiger partial charge in [0.15, 0.2) is 12.2 Å². The molecule has 0 fully saturated rings. The van der Waals surface area contributed by atoms with Crippen molar-refractivity contribution in [2.24, 2.45) is 23.7 Å². The van der Waals surface area contributed by atoms with E-state index in [4.69, 9.17) is 37.0 Å². The Labute approximate surface area is 632 Å². The smallest absolute Gasteiger partial charge is 0.462 e. The van der Waals surface area contributed by atoms with E-state index in [1.807, 2.05) is 0 Å². The van der Waals surface area contributed by atoms with Crippen molar-refractivity contribution in [3.05, 3.63) is 0 Å². The summed E-state index contributed by atoms with van der Waals surface area (Å²) in [6.07, 6.45) is 61.1.